The lowest BCUT2D eigenvalue weighted by molar-refractivity contribution is 0.101. The summed E-state index contributed by atoms with van der Waals surface area (Å²) in [4.78, 5) is 22.1. The Morgan fingerprint density at radius 3 is 2.52 bits per heavy atom. The molecule has 0 radical (unpaired) electrons. The van der Waals surface area contributed by atoms with E-state index in [-0.39, 0.29) is 5.69 Å². The van der Waals surface area contributed by atoms with E-state index in [0.29, 0.717) is 63.3 Å². The number of rotatable bonds is 10. The van der Waals surface area contributed by atoms with Crippen LogP contribution < -0.4 is 24.3 Å². The summed E-state index contributed by atoms with van der Waals surface area (Å²) < 4.78 is 24.5. The Morgan fingerprint density at radius 1 is 1.00 bits per heavy atom. The van der Waals surface area contributed by atoms with Gasteiger partial charge < -0.3 is 24.3 Å². The van der Waals surface area contributed by atoms with Gasteiger partial charge in [0.05, 0.1) is 49.4 Å². The summed E-state index contributed by atoms with van der Waals surface area (Å²) in [6.07, 6.45) is 7.10. The van der Waals surface area contributed by atoms with Gasteiger partial charge in [0.15, 0.2) is 22.9 Å². The summed E-state index contributed by atoms with van der Waals surface area (Å²) in [6.45, 7) is 2.49. The average molecular weight is 586 g/mol. The van der Waals surface area contributed by atoms with Gasteiger partial charge >= 0.3 is 0 Å². The third-order valence-corrected chi connectivity index (χ3v) is 7.13. The standard InChI is InChI=1S/C31H28ClN5O5/c1-18-4-8-24(22(32)12-18)37-16-28(41-17-19-5-6-19)30(36-37)31(38)35-29-9-7-20(15-34-29)42-25-10-11-33-23-14-27(40-3)26(39-2)13-21(23)25/h4,7-16,19H,5-6,17H2,1-3H3,(H,34,35,38). The first kappa shape index (κ1) is 27.3. The van der Waals surface area contributed by atoms with Crippen molar-refractivity contribution in [3.63, 3.8) is 0 Å². The maximum Gasteiger partial charge on any atom is 0.281 e. The molecule has 0 bridgehead atoms. The van der Waals surface area contributed by atoms with Gasteiger partial charge in [-0.2, -0.15) is 5.10 Å². The van der Waals surface area contributed by atoms with Crippen LogP contribution >= 0.6 is 11.6 Å². The molecule has 1 fully saturated rings. The Balaban J connectivity index is 1.21. The van der Waals surface area contributed by atoms with Crippen molar-refractivity contribution in [2.75, 3.05) is 26.1 Å². The fourth-order valence-electron chi connectivity index (χ4n) is 4.39. The van der Waals surface area contributed by atoms with Gasteiger partial charge in [-0.05, 0) is 67.6 Å². The van der Waals surface area contributed by atoms with Crippen molar-refractivity contribution in [3.05, 3.63) is 83.4 Å². The second kappa shape index (κ2) is 11.6. The summed E-state index contributed by atoms with van der Waals surface area (Å²) in [7, 11) is 3.14. The monoisotopic (exact) mass is 585 g/mol. The number of benzene rings is 2. The van der Waals surface area contributed by atoms with Crippen molar-refractivity contribution < 1.29 is 23.7 Å². The van der Waals surface area contributed by atoms with Crippen LogP contribution in [0.15, 0.2) is 67.1 Å². The third-order valence-electron chi connectivity index (χ3n) is 6.83. The van der Waals surface area contributed by atoms with Gasteiger partial charge in [0.1, 0.15) is 17.3 Å². The first-order valence-corrected chi connectivity index (χ1v) is 13.7. The Labute approximate surface area is 247 Å². The molecule has 0 saturated heterocycles. The summed E-state index contributed by atoms with van der Waals surface area (Å²) in [5, 5.41) is 8.58. The molecule has 0 unspecified atom stereocenters. The number of aromatic nitrogens is 4. The zero-order valence-electron chi connectivity index (χ0n) is 23.3. The van der Waals surface area contributed by atoms with Crippen molar-refractivity contribution in [2.24, 2.45) is 5.92 Å². The number of hydrogen-bond donors (Lipinski definition) is 1. The van der Waals surface area contributed by atoms with E-state index in [1.807, 2.05) is 31.2 Å². The second-order valence-corrected chi connectivity index (χ2v) is 10.4. The van der Waals surface area contributed by atoms with E-state index in [4.69, 9.17) is 30.5 Å². The molecule has 1 aliphatic carbocycles. The second-order valence-electron chi connectivity index (χ2n) is 9.96. The van der Waals surface area contributed by atoms with E-state index in [1.54, 1.807) is 55.6 Å². The molecule has 1 N–H and O–H groups in total. The molecule has 10 nitrogen and oxygen atoms in total. The predicted molar refractivity (Wildman–Crippen MR) is 159 cm³/mol. The molecule has 2 aromatic carbocycles. The molecule has 3 heterocycles. The van der Waals surface area contributed by atoms with Crippen molar-refractivity contribution in [2.45, 2.75) is 19.8 Å². The first-order valence-electron chi connectivity index (χ1n) is 13.4. The number of fused-ring (bicyclic) bond motifs is 1. The molecule has 214 valence electrons. The molecule has 3 aromatic heterocycles. The number of amides is 1. The Bertz CT molecular complexity index is 1770. The van der Waals surface area contributed by atoms with Crippen LogP contribution in [0.1, 0.15) is 28.9 Å². The van der Waals surface area contributed by atoms with E-state index in [0.717, 1.165) is 23.8 Å². The largest absolute Gasteiger partial charge is 0.493 e. The smallest absolute Gasteiger partial charge is 0.281 e. The highest BCUT2D eigenvalue weighted by atomic mass is 35.5. The molecule has 1 saturated carbocycles. The van der Waals surface area contributed by atoms with E-state index in [2.05, 4.69) is 20.4 Å². The molecule has 6 rings (SSSR count). The Hall–Kier alpha value is -4.83. The molecule has 0 atom stereocenters. The summed E-state index contributed by atoms with van der Waals surface area (Å²) in [5.74, 6) is 2.93. The SMILES string of the molecule is COc1cc2nccc(Oc3ccc(NC(=O)c4nn(-c5ccc(C)cc5Cl)cc4OCC4CC4)nc3)c2cc1OC. The number of methoxy groups -OCH3 is 2. The highest BCUT2D eigenvalue weighted by Crippen LogP contribution is 2.37. The summed E-state index contributed by atoms with van der Waals surface area (Å²) in [6, 6.07) is 14.4. The van der Waals surface area contributed by atoms with Gasteiger partial charge in [0, 0.05) is 17.6 Å². The van der Waals surface area contributed by atoms with Crippen LogP contribution in [-0.4, -0.2) is 46.5 Å². The minimum Gasteiger partial charge on any atom is -0.493 e. The zero-order chi connectivity index (χ0) is 29.2. The fraction of sp³-hybridized carbons (Fsp3) is 0.226. The number of nitrogens with zero attached hydrogens (tertiary/aromatic N) is 4. The van der Waals surface area contributed by atoms with Crippen LogP contribution in [0.25, 0.3) is 16.6 Å². The zero-order valence-corrected chi connectivity index (χ0v) is 24.0. The summed E-state index contributed by atoms with van der Waals surface area (Å²) in [5.41, 5.74) is 2.50. The molecular formula is C31H28ClN5O5. The van der Waals surface area contributed by atoms with Gasteiger partial charge in [-0.1, -0.05) is 17.7 Å². The number of pyridine rings is 2. The van der Waals surface area contributed by atoms with Crippen molar-refractivity contribution >= 4 is 34.2 Å². The third kappa shape index (κ3) is 5.80. The molecule has 0 spiro atoms. The summed E-state index contributed by atoms with van der Waals surface area (Å²) >= 11 is 6.47. The quantitative estimate of drug-likeness (QED) is 0.194. The number of carbonyl (C=O) groups is 1. The van der Waals surface area contributed by atoms with Gasteiger partial charge in [0.2, 0.25) is 0 Å². The van der Waals surface area contributed by atoms with Crippen LogP contribution in [0.3, 0.4) is 0 Å². The van der Waals surface area contributed by atoms with Crippen LogP contribution in [0.4, 0.5) is 5.82 Å². The Kier molecular flexibility index (Phi) is 7.54. The lowest BCUT2D eigenvalue weighted by atomic mass is 10.2. The van der Waals surface area contributed by atoms with Crippen LogP contribution in [0.2, 0.25) is 5.02 Å². The van der Waals surface area contributed by atoms with Gasteiger partial charge in [-0.25, -0.2) is 9.67 Å². The maximum atomic E-state index is 13.3. The molecule has 0 aliphatic heterocycles. The van der Waals surface area contributed by atoms with Crippen molar-refractivity contribution in [3.8, 4) is 34.4 Å². The van der Waals surface area contributed by atoms with Gasteiger partial charge in [-0.3, -0.25) is 9.78 Å². The fourth-order valence-corrected chi connectivity index (χ4v) is 4.71. The highest BCUT2D eigenvalue weighted by Gasteiger charge is 2.25. The first-order chi connectivity index (χ1) is 20.4. The number of hydrogen-bond acceptors (Lipinski definition) is 8. The average Bonchev–Trinajstić information content (AvgIpc) is 3.73. The van der Waals surface area contributed by atoms with Crippen molar-refractivity contribution in [1.82, 2.24) is 19.7 Å². The lowest BCUT2D eigenvalue weighted by Gasteiger charge is -2.12. The van der Waals surface area contributed by atoms with Crippen molar-refractivity contribution in [1.29, 1.82) is 0 Å². The van der Waals surface area contributed by atoms with Gasteiger partial charge in [0.25, 0.3) is 5.91 Å². The topological polar surface area (TPSA) is 110 Å². The molecule has 42 heavy (non-hydrogen) atoms. The number of ether oxygens (including phenoxy) is 4. The number of carbonyl (C=O) groups excluding carboxylic acids is 1. The van der Waals surface area contributed by atoms with E-state index in [9.17, 15) is 4.79 Å². The molecular weight excluding hydrogens is 558 g/mol. The normalized spacial score (nSPS) is 12.7. The molecule has 11 heteroatoms. The maximum absolute atomic E-state index is 13.3. The minimum absolute atomic E-state index is 0.141. The van der Waals surface area contributed by atoms with E-state index in [1.165, 1.54) is 6.20 Å². The highest BCUT2D eigenvalue weighted by molar-refractivity contribution is 6.32. The van der Waals surface area contributed by atoms with Crippen LogP contribution in [0, 0.1) is 12.8 Å². The van der Waals surface area contributed by atoms with E-state index < -0.39 is 5.91 Å². The lowest BCUT2D eigenvalue weighted by Crippen LogP contribution is -2.15. The Morgan fingerprint density at radius 2 is 1.81 bits per heavy atom. The minimum atomic E-state index is -0.454. The van der Waals surface area contributed by atoms with Gasteiger partial charge in [-0.15, -0.1) is 0 Å². The number of aryl methyl sites for hydroxylation is 1. The number of nitrogens with one attached hydrogen (secondary N) is 1. The molecule has 1 amide bonds. The van der Waals surface area contributed by atoms with Crippen LogP contribution in [-0.2, 0) is 0 Å². The molecule has 5 aromatic rings. The molecule has 1 aliphatic rings. The number of anilines is 1. The van der Waals surface area contributed by atoms with Crippen LogP contribution in [0.5, 0.6) is 28.7 Å². The van der Waals surface area contributed by atoms with E-state index >= 15 is 0 Å². The number of halogens is 1. The predicted octanol–water partition coefficient (Wildman–Crippen LogP) is 6.63.